The summed E-state index contributed by atoms with van der Waals surface area (Å²) in [7, 11) is 0. The fourth-order valence-corrected chi connectivity index (χ4v) is 2.89. The Morgan fingerprint density at radius 3 is 2.86 bits per heavy atom. The number of nitrogens with zero attached hydrogens (tertiary/aromatic N) is 2. The van der Waals surface area contributed by atoms with Gasteiger partial charge in [-0.15, -0.1) is 0 Å². The van der Waals surface area contributed by atoms with Gasteiger partial charge >= 0.3 is 0 Å². The number of amides is 1. The Kier molecular flexibility index (Phi) is 5.99. The van der Waals surface area contributed by atoms with Gasteiger partial charge in [-0.25, -0.2) is 0 Å². The lowest BCUT2D eigenvalue weighted by Gasteiger charge is -2.42. The number of aliphatic hydroxyl groups is 1. The van der Waals surface area contributed by atoms with Crippen molar-refractivity contribution in [3.63, 3.8) is 0 Å². The summed E-state index contributed by atoms with van der Waals surface area (Å²) < 4.78 is 5.22. The number of hydrogen-bond donors (Lipinski definition) is 2. The number of hydrogen-bond acceptors (Lipinski definition) is 5. The van der Waals surface area contributed by atoms with Crippen molar-refractivity contribution in [2.75, 3.05) is 26.2 Å². The number of furan rings is 1. The number of carbonyl (C=O) groups excluding carboxylic acids is 1. The minimum absolute atomic E-state index is 0.0209. The minimum atomic E-state index is -0.317. The molecule has 0 aliphatic carbocycles. The van der Waals surface area contributed by atoms with E-state index in [1.807, 2.05) is 26.0 Å². The molecule has 3 atom stereocenters. The van der Waals surface area contributed by atoms with Crippen molar-refractivity contribution in [1.82, 2.24) is 15.1 Å². The molecule has 0 spiro atoms. The zero-order valence-electron chi connectivity index (χ0n) is 13.7. The van der Waals surface area contributed by atoms with Crippen LogP contribution in [0.2, 0.25) is 0 Å². The van der Waals surface area contributed by atoms with Gasteiger partial charge in [0, 0.05) is 32.2 Å². The van der Waals surface area contributed by atoms with Crippen LogP contribution in [-0.2, 0) is 11.3 Å². The van der Waals surface area contributed by atoms with Crippen molar-refractivity contribution in [3.8, 4) is 0 Å². The molecule has 0 saturated carbocycles. The SMILES string of the molecule is C[C@H](O)CN1CCN([C@H](C)C(=O)NCc2ccco2)C[C@@H]1C. The van der Waals surface area contributed by atoms with Gasteiger partial charge in [-0.05, 0) is 32.9 Å². The predicted octanol–water partition coefficient (Wildman–Crippen LogP) is 0.671. The molecule has 1 aromatic rings. The van der Waals surface area contributed by atoms with Crippen LogP contribution in [0.3, 0.4) is 0 Å². The molecule has 2 N–H and O–H groups in total. The predicted molar refractivity (Wildman–Crippen MR) is 84.3 cm³/mol. The molecule has 0 aromatic carbocycles. The lowest BCUT2D eigenvalue weighted by atomic mass is 10.1. The number of aliphatic hydroxyl groups excluding tert-OH is 1. The summed E-state index contributed by atoms with van der Waals surface area (Å²) in [4.78, 5) is 16.7. The molecule has 0 unspecified atom stereocenters. The highest BCUT2D eigenvalue weighted by Crippen LogP contribution is 2.13. The molecule has 1 amide bonds. The van der Waals surface area contributed by atoms with Crippen molar-refractivity contribution < 1.29 is 14.3 Å². The maximum atomic E-state index is 12.3. The summed E-state index contributed by atoms with van der Waals surface area (Å²) in [5, 5.41) is 12.4. The summed E-state index contributed by atoms with van der Waals surface area (Å²) in [6.07, 6.45) is 1.29. The van der Waals surface area contributed by atoms with Crippen LogP contribution in [0.25, 0.3) is 0 Å². The van der Waals surface area contributed by atoms with Crippen LogP contribution in [0, 0.1) is 0 Å². The summed E-state index contributed by atoms with van der Waals surface area (Å²) in [6, 6.07) is 3.84. The summed E-state index contributed by atoms with van der Waals surface area (Å²) in [5.74, 6) is 0.781. The largest absolute Gasteiger partial charge is 0.467 e. The highest BCUT2D eigenvalue weighted by Gasteiger charge is 2.29. The van der Waals surface area contributed by atoms with Gasteiger partial charge in [0.2, 0.25) is 5.91 Å². The van der Waals surface area contributed by atoms with Gasteiger partial charge < -0.3 is 14.8 Å². The quantitative estimate of drug-likeness (QED) is 0.808. The fraction of sp³-hybridized carbons (Fsp3) is 0.688. The van der Waals surface area contributed by atoms with Crippen molar-refractivity contribution in [3.05, 3.63) is 24.2 Å². The molecule has 22 heavy (non-hydrogen) atoms. The van der Waals surface area contributed by atoms with E-state index in [9.17, 15) is 9.90 Å². The van der Waals surface area contributed by atoms with E-state index >= 15 is 0 Å². The van der Waals surface area contributed by atoms with Gasteiger partial charge in [0.1, 0.15) is 5.76 Å². The van der Waals surface area contributed by atoms with E-state index in [0.29, 0.717) is 19.1 Å². The first-order valence-corrected chi connectivity index (χ1v) is 7.93. The molecule has 2 rings (SSSR count). The Labute approximate surface area is 132 Å². The minimum Gasteiger partial charge on any atom is -0.467 e. The van der Waals surface area contributed by atoms with Crippen LogP contribution >= 0.6 is 0 Å². The van der Waals surface area contributed by atoms with Gasteiger partial charge in [-0.1, -0.05) is 0 Å². The van der Waals surface area contributed by atoms with Gasteiger partial charge in [-0.2, -0.15) is 0 Å². The second-order valence-corrected chi connectivity index (χ2v) is 6.16. The average Bonchev–Trinajstić information content (AvgIpc) is 2.99. The lowest BCUT2D eigenvalue weighted by molar-refractivity contribution is -0.127. The number of piperazine rings is 1. The smallest absolute Gasteiger partial charge is 0.237 e. The topological polar surface area (TPSA) is 69.0 Å². The third kappa shape index (κ3) is 4.56. The van der Waals surface area contributed by atoms with Crippen molar-refractivity contribution in [2.24, 2.45) is 0 Å². The van der Waals surface area contributed by atoms with E-state index in [4.69, 9.17) is 4.42 Å². The maximum Gasteiger partial charge on any atom is 0.237 e. The zero-order chi connectivity index (χ0) is 16.1. The molecule has 6 nitrogen and oxygen atoms in total. The first-order chi connectivity index (χ1) is 10.5. The monoisotopic (exact) mass is 309 g/mol. The van der Waals surface area contributed by atoms with Gasteiger partial charge in [0.15, 0.2) is 0 Å². The van der Waals surface area contributed by atoms with E-state index in [0.717, 1.165) is 25.4 Å². The molecule has 2 heterocycles. The second-order valence-electron chi connectivity index (χ2n) is 6.16. The molecule has 6 heteroatoms. The lowest BCUT2D eigenvalue weighted by Crippen LogP contribution is -2.58. The third-order valence-electron chi connectivity index (χ3n) is 4.24. The summed E-state index contributed by atoms with van der Waals surface area (Å²) >= 11 is 0. The Hall–Kier alpha value is -1.37. The molecule has 1 fully saturated rings. The van der Waals surface area contributed by atoms with Crippen molar-refractivity contribution in [2.45, 2.75) is 45.5 Å². The molecular weight excluding hydrogens is 282 g/mol. The summed E-state index contributed by atoms with van der Waals surface area (Å²) in [6.45, 7) is 9.55. The molecule has 1 aliphatic heterocycles. The van der Waals surface area contributed by atoms with Crippen LogP contribution in [0.5, 0.6) is 0 Å². The van der Waals surface area contributed by atoms with E-state index < -0.39 is 0 Å². The highest BCUT2D eigenvalue weighted by molar-refractivity contribution is 5.81. The first-order valence-electron chi connectivity index (χ1n) is 7.93. The molecule has 1 aliphatic rings. The van der Waals surface area contributed by atoms with E-state index in [1.54, 1.807) is 6.26 Å². The third-order valence-corrected chi connectivity index (χ3v) is 4.24. The van der Waals surface area contributed by atoms with Gasteiger partial charge in [0.25, 0.3) is 0 Å². The van der Waals surface area contributed by atoms with Crippen LogP contribution in [0.1, 0.15) is 26.5 Å². The van der Waals surface area contributed by atoms with Gasteiger partial charge in [0.05, 0.1) is 25.0 Å². The normalized spacial score (nSPS) is 23.2. The molecule has 124 valence electrons. The van der Waals surface area contributed by atoms with Crippen LogP contribution in [0.4, 0.5) is 0 Å². The molecule has 0 bridgehead atoms. The number of rotatable bonds is 6. The standard InChI is InChI=1S/C16H27N3O3/c1-12-10-19(7-6-18(12)11-13(2)20)14(3)16(21)17-9-15-5-4-8-22-15/h4-5,8,12-14,20H,6-7,9-11H2,1-3H3,(H,17,21)/t12-,13-,14+/m0/s1. The van der Waals surface area contributed by atoms with Crippen molar-refractivity contribution in [1.29, 1.82) is 0 Å². The van der Waals surface area contributed by atoms with Gasteiger partial charge in [-0.3, -0.25) is 14.6 Å². The molecule has 0 radical (unpaired) electrons. The summed E-state index contributed by atoms with van der Waals surface area (Å²) in [5.41, 5.74) is 0. The fourth-order valence-electron chi connectivity index (χ4n) is 2.89. The highest BCUT2D eigenvalue weighted by atomic mass is 16.3. The molecular formula is C16H27N3O3. The number of nitrogens with one attached hydrogen (secondary N) is 1. The second kappa shape index (κ2) is 7.76. The van der Waals surface area contributed by atoms with Crippen LogP contribution in [0.15, 0.2) is 22.8 Å². The van der Waals surface area contributed by atoms with E-state index in [1.165, 1.54) is 0 Å². The molecule has 1 aromatic heterocycles. The number of β-amino-alcohol motifs (C(OH)–C–C–N with tert-alkyl or cyclic N) is 1. The van der Waals surface area contributed by atoms with E-state index in [-0.39, 0.29) is 18.1 Å². The Balaban J connectivity index is 1.80. The Bertz CT molecular complexity index is 461. The molecule has 1 saturated heterocycles. The Morgan fingerprint density at radius 1 is 1.50 bits per heavy atom. The van der Waals surface area contributed by atoms with Crippen LogP contribution in [-0.4, -0.2) is 65.2 Å². The maximum absolute atomic E-state index is 12.3. The van der Waals surface area contributed by atoms with E-state index in [2.05, 4.69) is 22.0 Å². The zero-order valence-corrected chi connectivity index (χ0v) is 13.7. The average molecular weight is 309 g/mol. The Morgan fingerprint density at radius 2 is 2.27 bits per heavy atom. The number of carbonyl (C=O) groups is 1. The van der Waals surface area contributed by atoms with Crippen molar-refractivity contribution >= 4 is 5.91 Å². The van der Waals surface area contributed by atoms with Crippen LogP contribution < -0.4 is 5.32 Å². The first kappa shape index (κ1) is 17.0.